The topological polar surface area (TPSA) is 124 Å². The molecule has 132 valence electrons. The van der Waals surface area contributed by atoms with Gasteiger partial charge in [0, 0.05) is 19.6 Å². The average Bonchev–Trinajstić information content (AvgIpc) is 2.47. The Bertz CT molecular complexity index is 267. The van der Waals surface area contributed by atoms with E-state index in [0.717, 1.165) is 32.1 Å². The molecule has 1 atom stereocenters. The number of carboxylic acid groups (broad SMARTS) is 1. The number of carbonyl (C=O) groups excluding carboxylic acids is 1. The van der Waals surface area contributed by atoms with E-state index in [0.29, 0.717) is 19.4 Å². The van der Waals surface area contributed by atoms with Gasteiger partial charge in [-0.3, -0.25) is 4.79 Å². The zero-order chi connectivity index (χ0) is 17.2. The first kappa shape index (κ1) is 23.1. The second-order valence-corrected chi connectivity index (χ2v) is 4.91. The van der Waals surface area contributed by atoms with Crippen molar-refractivity contribution in [1.82, 2.24) is 0 Å². The summed E-state index contributed by atoms with van der Waals surface area (Å²) in [5.41, 5.74) is 0. The molecule has 0 aromatic carbocycles. The van der Waals surface area contributed by atoms with Crippen LogP contribution in [0.3, 0.4) is 0 Å². The molecule has 0 saturated carbocycles. The van der Waals surface area contributed by atoms with Crippen molar-refractivity contribution in [2.24, 2.45) is 0 Å². The van der Waals surface area contributed by atoms with Crippen molar-refractivity contribution in [3.8, 4) is 0 Å². The number of hydrogen-bond acceptors (Lipinski definition) is 6. The third-order valence-corrected chi connectivity index (χ3v) is 2.69. The van der Waals surface area contributed by atoms with Gasteiger partial charge in [-0.1, -0.05) is 12.8 Å². The van der Waals surface area contributed by atoms with E-state index in [9.17, 15) is 9.59 Å². The quantitative estimate of drug-likeness (QED) is 0.313. The minimum absolute atomic E-state index is 0.166. The molecule has 0 aliphatic rings. The molecule has 7 heteroatoms. The fraction of sp³-hybridized carbons (Fsp3) is 0.867. The van der Waals surface area contributed by atoms with E-state index in [1.807, 2.05) is 0 Å². The average molecular weight is 322 g/mol. The summed E-state index contributed by atoms with van der Waals surface area (Å²) in [6.07, 6.45) is 4.86. The molecule has 0 rings (SSSR count). The minimum atomic E-state index is -1.03. The van der Waals surface area contributed by atoms with Crippen molar-refractivity contribution in [2.45, 2.75) is 64.4 Å². The molecule has 0 aromatic rings. The fourth-order valence-corrected chi connectivity index (χ4v) is 1.43. The van der Waals surface area contributed by atoms with Crippen LogP contribution in [0.4, 0.5) is 0 Å². The largest absolute Gasteiger partial charge is 0.481 e. The van der Waals surface area contributed by atoms with Gasteiger partial charge in [0.05, 0.1) is 6.61 Å². The van der Waals surface area contributed by atoms with Crippen LogP contribution in [0.15, 0.2) is 0 Å². The highest BCUT2D eigenvalue weighted by Gasteiger charge is 2.08. The van der Waals surface area contributed by atoms with Gasteiger partial charge in [0.1, 0.15) is 6.10 Å². The van der Waals surface area contributed by atoms with Crippen LogP contribution in [0.25, 0.3) is 0 Å². The maximum absolute atomic E-state index is 10.7. The smallest absolute Gasteiger partial charge is 0.334 e. The van der Waals surface area contributed by atoms with Crippen molar-refractivity contribution in [3.63, 3.8) is 0 Å². The third kappa shape index (κ3) is 21.1. The van der Waals surface area contributed by atoms with E-state index in [-0.39, 0.29) is 19.6 Å². The highest BCUT2D eigenvalue weighted by atomic mass is 16.5. The maximum atomic E-state index is 10.7. The van der Waals surface area contributed by atoms with Crippen LogP contribution in [0.5, 0.6) is 0 Å². The van der Waals surface area contributed by atoms with Crippen molar-refractivity contribution in [2.75, 3.05) is 19.8 Å². The van der Waals surface area contributed by atoms with E-state index in [4.69, 9.17) is 25.2 Å². The van der Waals surface area contributed by atoms with E-state index in [1.165, 1.54) is 6.92 Å². The Morgan fingerprint density at radius 3 is 1.86 bits per heavy atom. The van der Waals surface area contributed by atoms with Crippen LogP contribution in [0.1, 0.15) is 58.3 Å². The zero-order valence-corrected chi connectivity index (χ0v) is 13.4. The van der Waals surface area contributed by atoms with Crippen LogP contribution in [0, 0.1) is 0 Å². The molecule has 4 N–H and O–H groups in total. The third-order valence-electron chi connectivity index (χ3n) is 2.69. The van der Waals surface area contributed by atoms with Gasteiger partial charge in [0.25, 0.3) is 0 Å². The van der Waals surface area contributed by atoms with Crippen LogP contribution in [0.2, 0.25) is 0 Å². The number of ether oxygens (including phenoxy) is 1. The Morgan fingerprint density at radius 2 is 1.41 bits per heavy atom. The molecular formula is C15H30O7. The number of aliphatic hydroxyl groups is 3. The lowest BCUT2D eigenvalue weighted by Gasteiger charge is -2.05. The van der Waals surface area contributed by atoms with Gasteiger partial charge in [-0.2, -0.15) is 0 Å². The Labute approximate surface area is 131 Å². The van der Waals surface area contributed by atoms with Gasteiger partial charge in [-0.05, 0) is 39.0 Å². The standard InChI is InChI=1S/C9H18O4.C6H12O3/c1-8(11)9(12)13-7-5-3-2-4-6-10;7-5-3-1-2-4-6(8)9/h8,10-11H,2-7H2,1H3;7H,1-5H2,(H,8,9). The molecule has 0 spiro atoms. The lowest BCUT2D eigenvalue weighted by molar-refractivity contribution is -0.152. The number of rotatable bonds is 12. The predicted molar refractivity (Wildman–Crippen MR) is 81.4 cm³/mol. The van der Waals surface area contributed by atoms with Crippen molar-refractivity contribution < 1.29 is 34.8 Å². The normalized spacial score (nSPS) is 11.3. The Morgan fingerprint density at radius 1 is 0.909 bits per heavy atom. The summed E-state index contributed by atoms with van der Waals surface area (Å²) in [6.45, 7) is 2.12. The summed E-state index contributed by atoms with van der Waals surface area (Å²) in [5, 5.41) is 33.7. The molecule has 0 bridgehead atoms. The van der Waals surface area contributed by atoms with Crippen molar-refractivity contribution in [3.05, 3.63) is 0 Å². The Kier molecular flexibility index (Phi) is 18.8. The first-order valence-electron chi connectivity index (χ1n) is 7.73. The summed E-state index contributed by atoms with van der Waals surface area (Å²) in [7, 11) is 0. The number of aliphatic carboxylic acids is 1. The molecule has 0 aliphatic carbocycles. The molecule has 0 saturated heterocycles. The van der Waals surface area contributed by atoms with Crippen LogP contribution < -0.4 is 0 Å². The molecule has 0 aliphatic heterocycles. The number of unbranched alkanes of at least 4 members (excludes halogenated alkanes) is 5. The second-order valence-electron chi connectivity index (χ2n) is 4.91. The Balaban J connectivity index is 0. The number of carbonyl (C=O) groups is 2. The SMILES string of the molecule is CC(O)C(=O)OCCCCCCO.O=C(O)CCCCCO. The summed E-state index contributed by atoms with van der Waals surface area (Å²) in [6, 6.07) is 0. The van der Waals surface area contributed by atoms with Gasteiger partial charge in [-0.15, -0.1) is 0 Å². The highest BCUT2D eigenvalue weighted by molar-refractivity contribution is 5.73. The summed E-state index contributed by atoms with van der Waals surface area (Å²) < 4.78 is 4.73. The molecule has 0 fully saturated rings. The molecule has 7 nitrogen and oxygen atoms in total. The lowest BCUT2D eigenvalue weighted by atomic mass is 10.2. The van der Waals surface area contributed by atoms with E-state index in [2.05, 4.69) is 0 Å². The number of aliphatic hydroxyl groups excluding tert-OH is 3. The molecule has 0 heterocycles. The van der Waals surface area contributed by atoms with Gasteiger partial charge >= 0.3 is 11.9 Å². The van der Waals surface area contributed by atoms with Gasteiger partial charge in [-0.25, -0.2) is 4.79 Å². The number of hydrogen-bond donors (Lipinski definition) is 4. The summed E-state index contributed by atoms with van der Waals surface area (Å²) in [5.74, 6) is -1.32. The maximum Gasteiger partial charge on any atom is 0.334 e. The molecule has 0 radical (unpaired) electrons. The Hall–Kier alpha value is -1.18. The first-order valence-corrected chi connectivity index (χ1v) is 7.73. The van der Waals surface area contributed by atoms with Crippen molar-refractivity contribution >= 4 is 11.9 Å². The predicted octanol–water partition coefficient (Wildman–Crippen LogP) is 1.09. The number of carboxylic acids is 1. The zero-order valence-electron chi connectivity index (χ0n) is 13.4. The van der Waals surface area contributed by atoms with Crippen LogP contribution in [-0.4, -0.2) is 58.3 Å². The molecular weight excluding hydrogens is 292 g/mol. The molecule has 1 unspecified atom stereocenters. The van der Waals surface area contributed by atoms with E-state index < -0.39 is 18.0 Å². The lowest BCUT2D eigenvalue weighted by Crippen LogP contribution is -2.19. The monoisotopic (exact) mass is 322 g/mol. The summed E-state index contributed by atoms with van der Waals surface area (Å²) >= 11 is 0. The van der Waals surface area contributed by atoms with Crippen LogP contribution in [-0.2, 0) is 14.3 Å². The van der Waals surface area contributed by atoms with E-state index in [1.54, 1.807) is 0 Å². The van der Waals surface area contributed by atoms with Gasteiger partial charge in [0.2, 0.25) is 0 Å². The fourth-order valence-electron chi connectivity index (χ4n) is 1.43. The van der Waals surface area contributed by atoms with Gasteiger partial charge < -0.3 is 25.2 Å². The first-order chi connectivity index (χ1) is 10.5. The molecule has 0 amide bonds. The highest BCUT2D eigenvalue weighted by Crippen LogP contribution is 2.00. The number of esters is 1. The van der Waals surface area contributed by atoms with E-state index >= 15 is 0 Å². The minimum Gasteiger partial charge on any atom is -0.481 e. The van der Waals surface area contributed by atoms with Crippen LogP contribution >= 0.6 is 0 Å². The molecule has 22 heavy (non-hydrogen) atoms. The molecule has 0 aromatic heterocycles. The van der Waals surface area contributed by atoms with Crippen molar-refractivity contribution in [1.29, 1.82) is 0 Å². The summed E-state index contributed by atoms with van der Waals surface area (Å²) in [4.78, 5) is 20.6. The second kappa shape index (κ2) is 17.9. The van der Waals surface area contributed by atoms with Gasteiger partial charge in [0.15, 0.2) is 0 Å².